The molecule has 0 aliphatic carbocycles. The Morgan fingerprint density at radius 1 is 0.333 bits per heavy atom. The zero-order valence-corrected chi connectivity index (χ0v) is 28.0. The zero-order valence-electron chi connectivity index (χ0n) is 23.0. The third kappa shape index (κ3) is 9.87. The summed E-state index contributed by atoms with van der Waals surface area (Å²) in [5.74, 6) is 0. The summed E-state index contributed by atoms with van der Waals surface area (Å²) in [6.45, 7) is 0. The van der Waals surface area contributed by atoms with E-state index in [0.717, 1.165) is 0 Å². The van der Waals surface area contributed by atoms with Crippen LogP contribution >= 0.6 is 15.8 Å². The van der Waals surface area contributed by atoms with Gasteiger partial charge in [-0.3, -0.25) is 0 Å². The van der Waals surface area contributed by atoms with Crippen LogP contribution in [0.2, 0.25) is 0 Å². The first-order valence-corrected chi connectivity index (χ1v) is 16.8. The fourth-order valence-corrected chi connectivity index (χ4v) is 9.78. The normalized spacial score (nSPS) is 9.74. The van der Waals surface area contributed by atoms with Crippen molar-refractivity contribution in [2.24, 2.45) is 0 Å². The second kappa shape index (κ2) is 18.9. The maximum absolute atomic E-state index is 7.13. The summed E-state index contributed by atoms with van der Waals surface area (Å²) in [5.41, 5.74) is 0. The number of rotatable bonds is 6. The minimum Gasteiger partial charge on any atom is -0.696 e. The van der Waals surface area contributed by atoms with Crippen molar-refractivity contribution in [3.63, 3.8) is 0 Å². The molecular formula is C37H32AuNP2S+2. The van der Waals surface area contributed by atoms with Crippen molar-refractivity contribution >= 4 is 60.3 Å². The standard InChI is InChI=1S/2C18H15P.CHNS.Au/c2*1-4-10-16(11-5-1)19(17-12-6-2-7-13-17)18-14-8-3-9-15-18;2-1-3;/h2*1-15H;3H;/q;;;+1/p+1. The number of nitriles is 1. The maximum atomic E-state index is 7.13. The molecule has 1 nitrogen and oxygen atoms in total. The quantitative estimate of drug-likeness (QED) is 0.0851. The molecule has 6 aromatic rings. The molecule has 0 spiro atoms. The van der Waals surface area contributed by atoms with E-state index in [2.05, 4.69) is 195 Å². The zero-order chi connectivity index (χ0) is 28.5. The predicted molar refractivity (Wildman–Crippen MR) is 186 cm³/mol. The van der Waals surface area contributed by atoms with Gasteiger partial charge in [0.15, 0.2) is 0 Å². The Kier molecular flexibility index (Phi) is 14.9. The molecule has 0 saturated carbocycles. The van der Waals surface area contributed by atoms with Crippen LogP contribution in [0.4, 0.5) is 0 Å². The van der Waals surface area contributed by atoms with Crippen LogP contribution in [0.5, 0.6) is 0 Å². The third-order valence-electron chi connectivity index (χ3n) is 6.37. The molecular weight excluding hydrogens is 749 g/mol. The first-order valence-electron chi connectivity index (χ1n) is 13.4. The minimum absolute atomic E-state index is 0. The van der Waals surface area contributed by atoms with Gasteiger partial charge in [-0.25, -0.2) is 5.26 Å². The third-order valence-corrected chi connectivity index (χ3v) is 11.8. The van der Waals surface area contributed by atoms with E-state index in [9.17, 15) is 0 Å². The van der Waals surface area contributed by atoms with Gasteiger partial charge < -0.3 is 12.6 Å². The maximum Gasteiger partial charge on any atom is 1.00 e. The van der Waals surface area contributed by atoms with Crippen molar-refractivity contribution < 1.29 is 22.4 Å². The van der Waals surface area contributed by atoms with Gasteiger partial charge in [0.2, 0.25) is 0 Å². The van der Waals surface area contributed by atoms with E-state index in [1.54, 1.807) is 0 Å². The van der Waals surface area contributed by atoms with Crippen LogP contribution in [0.3, 0.4) is 0 Å². The van der Waals surface area contributed by atoms with E-state index in [0.29, 0.717) is 0 Å². The molecule has 6 rings (SSSR count). The summed E-state index contributed by atoms with van der Waals surface area (Å²) < 4.78 is 0. The number of thiocyanates is 1. The predicted octanol–water partition coefficient (Wildman–Crippen LogP) is 6.37. The van der Waals surface area contributed by atoms with E-state index in [1.807, 2.05) is 0 Å². The Hall–Kier alpha value is -3.37. The van der Waals surface area contributed by atoms with Crippen LogP contribution in [0.15, 0.2) is 182 Å². The molecule has 210 valence electrons. The van der Waals surface area contributed by atoms with E-state index in [4.69, 9.17) is 5.26 Å². The summed E-state index contributed by atoms with van der Waals surface area (Å²) in [6, 6.07) is 65.0. The fraction of sp³-hybridized carbons (Fsp3) is 0. The van der Waals surface area contributed by atoms with E-state index < -0.39 is 15.8 Å². The second-order valence-electron chi connectivity index (χ2n) is 9.04. The Balaban J connectivity index is 0.000000207. The number of hydrogen-bond donors (Lipinski definition) is 0. The molecule has 5 heteroatoms. The molecule has 0 aliphatic rings. The number of benzene rings is 6. The second-order valence-corrected chi connectivity index (χ2v) is 14.2. The molecule has 6 aromatic carbocycles. The Morgan fingerprint density at radius 3 is 0.571 bits per heavy atom. The summed E-state index contributed by atoms with van der Waals surface area (Å²) in [7, 11) is -1.75. The van der Waals surface area contributed by atoms with Crippen LogP contribution in [0, 0.1) is 10.7 Å². The molecule has 0 aliphatic heterocycles. The van der Waals surface area contributed by atoms with E-state index in [-0.39, 0.29) is 22.4 Å². The van der Waals surface area contributed by atoms with Crippen molar-refractivity contribution in [3.05, 3.63) is 182 Å². The van der Waals surface area contributed by atoms with Crippen molar-refractivity contribution in [3.8, 4) is 5.40 Å². The van der Waals surface area contributed by atoms with Crippen molar-refractivity contribution in [2.75, 3.05) is 0 Å². The molecule has 0 saturated heterocycles. The Bertz CT molecular complexity index is 1280. The molecule has 0 heterocycles. The number of nitrogens with zero attached hydrogens (tertiary/aromatic N) is 1. The van der Waals surface area contributed by atoms with Gasteiger partial charge in [-0.05, 0) is 72.8 Å². The van der Waals surface area contributed by atoms with Gasteiger partial charge in [-0.15, -0.1) is 0 Å². The summed E-state index contributed by atoms with van der Waals surface area (Å²) in [5, 5.41) is 17.1. The van der Waals surface area contributed by atoms with Crippen molar-refractivity contribution in [1.82, 2.24) is 0 Å². The van der Waals surface area contributed by atoms with Crippen LogP contribution < -0.4 is 31.8 Å². The van der Waals surface area contributed by atoms with Crippen LogP contribution in [-0.2, 0) is 35.0 Å². The molecule has 42 heavy (non-hydrogen) atoms. The van der Waals surface area contributed by atoms with Gasteiger partial charge in [-0.1, -0.05) is 115 Å². The molecule has 0 atom stereocenters. The Morgan fingerprint density at radius 2 is 0.452 bits per heavy atom. The minimum atomic E-state index is -0.877. The fourth-order valence-electron chi connectivity index (χ4n) is 4.63. The van der Waals surface area contributed by atoms with Gasteiger partial charge in [-0.2, -0.15) is 0 Å². The van der Waals surface area contributed by atoms with Crippen LogP contribution in [-0.4, -0.2) is 0 Å². The van der Waals surface area contributed by atoms with Crippen molar-refractivity contribution in [2.45, 2.75) is 0 Å². The molecule has 0 radical (unpaired) electrons. The van der Waals surface area contributed by atoms with Gasteiger partial charge in [0.25, 0.3) is 0 Å². The molecule has 0 fully saturated rings. The van der Waals surface area contributed by atoms with E-state index >= 15 is 0 Å². The first kappa shape index (κ1) is 33.1. The van der Waals surface area contributed by atoms with Gasteiger partial charge >= 0.3 is 22.4 Å². The largest absolute Gasteiger partial charge is 1.00 e. The molecule has 0 amide bonds. The smallest absolute Gasteiger partial charge is 0.696 e. The topological polar surface area (TPSA) is 23.8 Å². The monoisotopic (exact) mass is 781 g/mol. The molecule has 0 aromatic heterocycles. The average Bonchev–Trinajstić information content (AvgIpc) is 3.05. The molecule has 0 unspecified atom stereocenters. The van der Waals surface area contributed by atoms with E-state index in [1.165, 1.54) is 37.2 Å². The van der Waals surface area contributed by atoms with Gasteiger partial charge in [0, 0.05) is 0 Å². The molecule has 0 bridgehead atoms. The summed E-state index contributed by atoms with van der Waals surface area (Å²) in [4.78, 5) is 0. The summed E-state index contributed by atoms with van der Waals surface area (Å²) >= 11 is 3.70. The SMILES string of the molecule is N#C[S-].[Au+].c1ccc([PH+](c2ccccc2)c2ccccc2)cc1.c1ccc([PH+](c2ccccc2)c2ccccc2)cc1. The Labute approximate surface area is 273 Å². The first-order chi connectivity index (χ1) is 20.3. The molecule has 0 N–H and O–H groups in total. The van der Waals surface area contributed by atoms with Crippen molar-refractivity contribution in [1.29, 1.82) is 5.26 Å². The van der Waals surface area contributed by atoms with Gasteiger partial charge in [0.1, 0.15) is 31.8 Å². The summed E-state index contributed by atoms with van der Waals surface area (Å²) in [6.07, 6.45) is 0. The van der Waals surface area contributed by atoms with Crippen LogP contribution in [0.1, 0.15) is 0 Å². The van der Waals surface area contributed by atoms with Crippen LogP contribution in [0.25, 0.3) is 0 Å². The van der Waals surface area contributed by atoms with Gasteiger partial charge in [0.05, 0.1) is 15.8 Å². The number of hydrogen-bond acceptors (Lipinski definition) is 2. The average molecular weight is 782 g/mol.